The van der Waals surface area contributed by atoms with Crippen LogP contribution in [0.15, 0.2) is 41.3 Å². The van der Waals surface area contributed by atoms with E-state index in [1.54, 1.807) is 37.8 Å². The normalized spacial score (nSPS) is 23.2. The average Bonchev–Trinajstić information content (AvgIpc) is 3.39. The maximum atomic E-state index is 15.6. The van der Waals surface area contributed by atoms with E-state index in [4.69, 9.17) is 16.3 Å². The van der Waals surface area contributed by atoms with Crippen LogP contribution in [0.2, 0.25) is 5.15 Å². The molecule has 258 valence electrons. The molecule has 3 aliphatic rings. The summed E-state index contributed by atoms with van der Waals surface area (Å²) < 4.78 is 64.9. The second-order valence-corrected chi connectivity index (χ2v) is 15.8. The zero-order valence-corrected chi connectivity index (χ0v) is 28.7. The molecule has 0 spiro atoms. The van der Waals surface area contributed by atoms with E-state index in [1.807, 2.05) is 7.05 Å². The van der Waals surface area contributed by atoms with Crippen molar-refractivity contribution in [2.45, 2.75) is 81.4 Å². The predicted molar refractivity (Wildman–Crippen MR) is 175 cm³/mol. The fraction of sp³-hybridized carbons (Fsp3) is 0.594. The molecular weight excluding hydrogens is 654 g/mol. The number of carbonyl (C=O) groups excluding carboxylic acids is 2. The van der Waals surface area contributed by atoms with Crippen molar-refractivity contribution in [3.63, 3.8) is 0 Å². The molecule has 2 aliphatic heterocycles. The summed E-state index contributed by atoms with van der Waals surface area (Å²) in [7, 11) is -2.02. The summed E-state index contributed by atoms with van der Waals surface area (Å²) >= 11 is 6.23. The Kier molecular flexibility index (Phi) is 10.4. The SMILES string of the molecule is CNC1CCC(C(F)(F)c2cc(Cl)nc(N3CCN(S(=O)(=O)c4ccc(N5C[C@H](NC(=O)OC(C)(C)C)CC5=O)cc4)CC3)c2)CC1. The number of benzene rings is 1. The number of alkyl halides is 2. The van der Waals surface area contributed by atoms with Gasteiger partial charge in [-0.2, -0.15) is 4.31 Å². The summed E-state index contributed by atoms with van der Waals surface area (Å²) in [4.78, 5) is 32.5. The van der Waals surface area contributed by atoms with Crippen LogP contribution in [-0.2, 0) is 25.5 Å². The summed E-state index contributed by atoms with van der Waals surface area (Å²) in [6.07, 6.45) is 1.68. The van der Waals surface area contributed by atoms with E-state index in [9.17, 15) is 18.0 Å². The number of rotatable bonds is 8. The number of alkyl carbamates (subject to hydrolysis) is 1. The summed E-state index contributed by atoms with van der Waals surface area (Å²) in [6.45, 7) is 6.23. The fourth-order valence-electron chi connectivity index (χ4n) is 6.45. The van der Waals surface area contributed by atoms with E-state index in [0.717, 1.165) is 0 Å². The Labute approximate surface area is 280 Å². The van der Waals surface area contributed by atoms with Crippen molar-refractivity contribution in [2.75, 3.05) is 49.6 Å². The number of carbonyl (C=O) groups is 2. The number of anilines is 2. The lowest BCUT2D eigenvalue weighted by molar-refractivity contribution is -0.117. The third-order valence-corrected chi connectivity index (χ3v) is 11.1. The Balaban J connectivity index is 1.20. The zero-order chi connectivity index (χ0) is 34.1. The van der Waals surface area contributed by atoms with Crippen LogP contribution in [0.4, 0.5) is 25.1 Å². The van der Waals surface area contributed by atoms with Crippen molar-refractivity contribution in [2.24, 2.45) is 5.92 Å². The lowest BCUT2D eigenvalue weighted by Gasteiger charge is -2.36. The molecule has 47 heavy (non-hydrogen) atoms. The highest BCUT2D eigenvalue weighted by atomic mass is 35.5. The van der Waals surface area contributed by atoms with Gasteiger partial charge in [0.2, 0.25) is 15.9 Å². The van der Waals surface area contributed by atoms with Gasteiger partial charge in [0.25, 0.3) is 5.92 Å². The average molecular weight is 697 g/mol. The van der Waals surface area contributed by atoms with Gasteiger partial charge in [-0.3, -0.25) is 4.79 Å². The van der Waals surface area contributed by atoms with Gasteiger partial charge in [0.15, 0.2) is 0 Å². The van der Waals surface area contributed by atoms with Gasteiger partial charge in [-0.15, -0.1) is 0 Å². The van der Waals surface area contributed by atoms with Gasteiger partial charge in [0.1, 0.15) is 16.6 Å². The molecule has 2 N–H and O–H groups in total. The van der Waals surface area contributed by atoms with Crippen molar-refractivity contribution in [3.05, 3.63) is 47.1 Å². The number of amides is 2. The van der Waals surface area contributed by atoms with Crippen molar-refractivity contribution < 1.29 is 31.5 Å². The van der Waals surface area contributed by atoms with Crippen LogP contribution in [0.5, 0.6) is 0 Å². The smallest absolute Gasteiger partial charge is 0.407 e. The molecule has 0 unspecified atom stereocenters. The molecule has 5 rings (SSSR count). The minimum Gasteiger partial charge on any atom is -0.444 e. The van der Waals surface area contributed by atoms with Gasteiger partial charge in [0.05, 0.1) is 10.9 Å². The van der Waals surface area contributed by atoms with Crippen LogP contribution in [0.1, 0.15) is 58.4 Å². The van der Waals surface area contributed by atoms with Crippen LogP contribution < -0.4 is 20.4 Å². The summed E-state index contributed by atoms with van der Waals surface area (Å²) in [5.74, 6) is -3.75. The van der Waals surface area contributed by atoms with Gasteiger partial charge >= 0.3 is 6.09 Å². The number of sulfonamides is 1. The fourth-order valence-corrected chi connectivity index (χ4v) is 8.08. The lowest BCUT2D eigenvalue weighted by atomic mass is 9.80. The van der Waals surface area contributed by atoms with Crippen LogP contribution >= 0.6 is 11.6 Å². The second kappa shape index (κ2) is 13.8. The Morgan fingerprint density at radius 1 is 1.00 bits per heavy atom. The maximum absolute atomic E-state index is 15.6. The Hall–Kier alpha value is -3.07. The van der Waals surface area contributed by atoms with Gasteiger partial charge in [-0.05, 0) is 89.9 Å². The first kappa shape index (κ1) is 35.2. The van der Waals surface area contributed by atoms with Gasteiger partial charge in [-0.1, -0.05) is 11.6 Å². The first-order valence-corrected chi connectivity index (χ1v) is 17.8. The van der Waals surface area contributed by atoms with Crippen molar-refractivity contribution in [1.82, 2.24) is 19.9 Å². The van der Waals surface area contributed by atoms with Crippen LogP contribution in [-0.4, -0.2) is 87.2 Å². The molecule has 2 aromatic rings. The quantitative estimate of drug-likeness (QED) is 0.380. The van der Waals surface area contributed by atoms with Crippen LogP contribution in [0.25, 0.3) is 0 Å². The van der Waals surface area contributed by atoms with E-state index in [1.165, 1.54) is 33.5 Å². The molecule has 1 aliphatic carbocycles. The molecule has 11 nitrogen and oxygen atoms in total. The van der Waals surface area contributed by atoms with Gasteiger partial charge in [-0.25, -0.2) is 27.0 Å². The highest BCUT2D eigenvalue weighted by molar-refractivity contribution is 7.89. The van der Waals surface area contributed by atoms with E-state index >= 15 is 8.78 Å². The third kappa shape index (κ3) is 8.15. The number of halogens is 3. The summed E-state index contributed by atoms with van der Waals surface area (Å²) in [5, 5.41) is 5.85. The minimum absolute atomic E-state index is 0.0281. The monoisotopic (exact) mass is 696 g/mol. The molecule has 3 heterocycles. The first-order chi connectivity index (χ1) is 22.1. The largest absolute Gasteiger partial charge is 0.444 e. The van der Waals surface area contributed by atoms with Crippen molar-refractivity contribution in [3.8, 4) is 0 Å². The van der Waals surface area contributed by atoms with E-state index < -0.39 is 39.6 Å². The second-order valence-electron chi connectivity index (χ2n) is 13.4. The number of aromatic nitrogens is 1. The Morgan fingerprint density at radius 2 is 1.64 bits per heavy atom. The topological polar surface area (TPSA) is 124 Å². The molecule has 1 aromatic carbocycles. The summed E-state index contributed by atoms with van der Waals surface area (Å²) in [6, 6.07) is 8.47. The van der Waals surface area contributed by atoms with E-state index in [0.29, 0.717) is 37.2 Å². The molecule has 1 atom stereocenters. The number of hydrogen-bond donors (Lipinski definition) is 2. The minimum atomic E-state index is -3.87. The van der Waals surface area contributed by atoms with Crippen molar-refractivity contribution >= 4 is 45.1 Å². The number of piperazine rings is 1. The van der Waals surface area contributed by atoms with E-state index in [2.05, 4.69) is 15.6 Å². The molecule has 0 radical (unpaired) electrons. The molecule has 3 fully saturated rings. The third-order valence-electron chi connectivity index (χ3n) is 9.01. The predicted octanol–water partition coefficient (Wildman–Crippen LogP) is 4.75. The first-order valence-electron chi connectivity index (χ1n) is 15.9. The van der Waals surface area contributed by atoms with E-state index in [-0.39, 0.29) is 66.7 Å². The number of hydrogen-bond acceptors (Lipinski definition) is 8. The number of ether oxygens (including phenoxy) is 1. The molecule has 2 saturated heterocycles. The Bertz CT molecular complexity index is 1560. The van der Waals surface area contributed by atoms with Crippen molar-refractivity contribution in [1.29, 1.82) is 0 Å². The molecular formula is C32H43ClF2N6O5S. The lowest BCUT2D eigenvalue weighted by Crippen LogP contribution is -2.49. The van der Waals surface area contributed by atoms with Crippen LogP contribution in [0, 0.1) is 5.92 Å². The maximum Gasteiger partial charge on any atom is 0.407 e. The highest BCUT2D eigenvalue weighted by Crippen LogP contribution is 2.45. The molecule has 0 bridgehead atoms. The standard InChI is InChI=1S/C32H43ClF2N6O5S/c1-31(2,3)46-30(43)37-24-19-29(42)41(20-24)25-9-11-26(12-10-25)47(44,45)40-15-13-39(14-16-40)28-18-22(17-27(33)38-28)32(34,35)21-5-7-23(36-4)8-6-21/h9-12,17-18,21,23-24,36H,5-8,13-16,19-20H2,1-4H3,(H,37,43)/t21?,23?,24-/m1/s1. The number of nitrogens with zero attached hydrogens (tertiary/aromatic N) is 4. The Morgan fingerprint density at radius 3 is 2.23 bits per heavy atom. The zero-order valence-electron chi connectivity index (χ0n) is 27.1. The molecule has 1 saturated carbocycles. The number of pyridine rings is 1. The summed E-state index contributed by atoms with van der Waals surface area (Å²) in [5.41, 5.74) is -0.319. The van der Waals surface area contributed by atoms with Gasteiger partial charge < -0.3 is 25.2 Å². The van der Waals surface area contributed by atoms with Crippen LogP contribution in [0.3, 0.4) is 0 Å². The number of nitrogens with one attached hydrogen (secondary N) is 2. The molecule has 15 heteroatoms. The highest BCUT2D eigenvalue weighted by Gasteiger charge is 2.43. The molecule has 2 amide bonds. The van der Waals surface area contributed by atoms with Gasteiger partial charge in [0, 0.05) is 62.4 Å². The molecule has 1 aromatic heterocycles.